The summed E-state index contributed by atoms with van der Waals surface area (Å²) < 4.78 is 1.87. The van der Waals surface area contributed by atoms with Crippen LogP contribution in [0.4, 0.5) is 5.69 Å². The molecule has 0 spiro atoms. The molecular weight excluding hydrogens is 332 g/mol. The summed E-state index contributed by atoms with van der Waals surface area (Å²) in [5, 5.41) is 12.3. The zero-order chi connectivity index (χ0) is 18.3. The molecular formula is C19H18N4O3. The number of carbonyl (C=O) groups excluding carboxylic acids is 1. The lowest BCUT2D eigenvalue weighted by Crippen LogP contribution is -2.28. The lowest BCUT2D eigenvalue weighted by molar-refractivity contribution is -0.122. The Hall–Kier alpha value is -3.22. The number of carboxylic acids is 1. The van der Waals surface area contributed by atoms with Gasteiger partial charge in [0.05, 0.1) is 22.3 Å². The number of nitrogens with one attached hydrogen (secondary N) is 1. The highest BCUT2D eigenvalue weighted by Crippen LogP contribution is 2.32. The van der Waals surface area contributed by atoms with Gasteiger partial charge in [0, 0.05) is 30.9 Å². The van der Waals surface area contributed by atoms with Gasteiger partial charge in [0.1, 0.15) is 5.82 Å². The fraction of sp³-hybridized carbons (Fsp3) is 0.263. The number of carboxylic acid groups (broad SMARTS) is 1. The van der Waals surface area contributed by atoms with Crippen LogP contribution in [0.5, 0.6) is 0 Å². The Labute approximate surface area is 149 Å². The van der Waals surface area contributed by atoms with Gasteiger partial charge in [0.2, 0.25) is 5.91 Å². The molecule has 0 saturated heterocycles. The molecule has 26 heavy (non-hydrogen) atoms. The summed E-state index contributed by atoms with van der Waals surface area (Å²) in [6, 6.07) is 6.71. The van der Waals surface area contributed by atoms with Crippen molar-refractivity contribution in [1.29, 1.82) is 0 Å². The molecule has 132 valence electrons. The molecule has 4 rings (SSSR count). The van der Waals surface area contributed by atoms with Crippen molar-refractivity contribution in [2.75, 3.05) is 5.32 Å². The third kappa shape index (κ3) is 2.71. The molecule has 0 unspecified atom stereocenters. The zero-order valence-electron chi connectivity index (χ0n) is 14.3. The quantitative estimate of drug-likeness (QED) is 0.754. The van der Waals surface area contributed by atoms with Gasteiger partial charge in [0.25, 0.3) is 0 Å². The number of fused-ring (bicyclic) bond motifs is 1. The van der Waals surface area contributed by atoms with Gasteiger partial charge in [0.15, 0.2) is 0 Å². The van der Waals surface area contributed by atoms with E-state index in [9.17, 15) is 14.7 Å². The van der Waals surface area contributed by atoms with Gasteiger partial charge >= 0.3 is 5.97 Å². The SMILES string of the molecule is Cn1c(-c2ccncc2)nc2cc(C(=O)O)cc(NC(=O)C3CCC3)c21. The maximum absolute atomic E-state index is 12.4. The van der Waals surface area contributed by atoms with Gasteiger partial charge in [-0.05, 0) is 37.1 Å². The summed E-state index contributed by atoms with van der Waals surface area (Å²) in [5.41, 5.74) is 2.68. The van der Waals surface area contributed by atoms with Crippen LogP contribution in [0.15, 0.2) is 36.7 Å². The largest absolute Gasteiger partial charge is 0.478 e. The fourth-order valence-electron chi connectivity index (χ4n) is 3.24. The fourth-order valence-corrected chi connectivity index (χ4v) is 3.24. The molecule has 2 N–H and O–H groups in total. The zero-order valence-corrected chi connectivity index (χ0v) is 14.3. The second-order valence-electron chi connectivity index (χ2n) is 6.54. The van der Waals surface area contributed by atoms with Crippen LogP contribution < -0.4 is 5.32 Å². The van der Waals surface area contributed by atoms with Crippen molar-refractivity contribution in [3.63, 3.8) is 0 Å². The molecule has 2 heterocycles. The highest BCUT2D eigenvalue weighted by molar-refractivity contribution is 6.05. The average molecular weight is 350 g/mol. The van der Waals surface area contributed by atoms with Gasteiger partial charge in [-0.1, -0.05) is 6.42 Å². The molecule has 1 saturated carbocycles. The van der Waals surface area contributed by atoms with E-state index in [1.807, 2.05) is 23.7 Å². The van der Waals surface area contributed by atoms with Gasteiger partial charge in [-0.15, -0.1) is 0 Å². The first-order chi connectivity index (χ1) is 12.5. The number of hydrogen-bond donors (Lipinski definition) is 2. The van der Waals surface area contributed by atoms with Crippen LogP contribution in [0.25, 0.3) is 22.4 Å². The van der Waals surface area contributed by atoms with Crippen molar-refractivity contribution in [1.82, 2.24) is 14.5 Å². The van der Waals surface area contributed by atoms with Crippen molar-refractivity contribution < 1.29 is 14.7 Å². The van der Waals surface area contributed by atoms with Gasteiger partial charge < -0.3 is 15.0 Å². The second-order valence-corrected chi connectivity index (χ2v) is 6.54. The Morgan fingerprint density at radius 3 is 2.58 bits per heavy atom. The number of benzene rings is 1. The third-order valence-corrected chi connectivity index (χ3v) is 4.89. The minimum absolute atomic E-state index is 0.00595. The highest BCUT2D eigenvalue weighted by Gasteiger charge is 2.26. The van der Waals surface area contributed by atoms with Crippen molar-refractivity contribution in [3.05, 3.63) is 42.2 Å². The van der Waals surface area contributed by atoms with Crippen LogP contribution in [-0.2, 0) is 11.8 Å². The molecule has 1 aromatic carbocycles. The second kappa shape index (κ2) is 6.25. The van der Waals surface area contributed by atoms with E-state index in [2.05, 4.69) is 15.3 Å². The van der Waals surface area contributed by atoms with Crippen molar-refractivity contribution in [2.45, 2.75) is 19.3 Å². The number of hydrogen-bond acceptors (Lipinski definition) is 4. The maximum atomic E-state index is 12.4. The number of anilines is 1. The lowest BCUT2D eigenvalue weighted by Gasteiger charge is -2.24. The Kier molecular flexibility index (Phi) is 3.91. The first kappa shape index (κ1) is 16.3. The number of aromatic carboxylic acids is 1. The Bertz CT molecular complexity index is 1010. The summed E-state index contributed by atoms with van der Waals surface area (Å²) in [7, 11) is 1.85. The van der Waals surface area contributed by atoms with Crippen molar-refractivity contribution >= 4 is 28.6 Å². The van der Waals surface area contributed by atoms with Crippen LogP contribution >= 0.6 is 0 Å². The number of carbonyl (C=O) groups is 2. The number of rotatable bonds is 4. The van der Waals surface area contributed by atoms with Crippen LogP contribution in [0.1, 0.15) is 29.6 Å². The molecule has 0 radical (unpaired) electrons. The topological polar surface area (TPSA) is 97.1 Å². The van der Waals surface area contributed by atoms with Gasteiger partial charge in [-0.2, -0.15) is 0 Å². The third-order valence-electron chi connectivity index (χ3n) is 4.89. The summed E-state index contributed by atoms with van der Waals surface area (Å²) in [6.07, 6.45) is 6.16. The summed E-state index contributed by atoms with van der Waals surface area (Å²) in [6.45, 7) is 0. The first-order valence-corrected chi connectivity index (χ1v) is 8.49. The van der Waals surface area contributed by atoms with Crippen LogP contribution in [0.3, 0.4) is 0 Å². The number of amides is 1. The predicted octanol–water partition coefficient (Wildman–Crippen LogP) is 3.07. The van der Waals surface area contributed by atoms with Gasteiger partial charge in [-0.25, -0.2) is 9.78 Å². The first-order valence-electron chi connectivity index (χ1n) is 8.49. The van der Waals surface area contributed by atoms with Crippen LogP contribution in [-0.4, -0.2) is 31.5 Å². The van der Waals surface area contributed by atoms with E-state index >= 15 is 0 Å². The predicted molar refractivity (Wildman–Crippen MR) is 96.9 cm³/mol. The van der Waals surface area contributed by atoms with E-state index in [1.54, 1.807) is 12.4 Å². The Morgan fingerprint density at radius 2 is 1.96 bits per heavy atom. The van der Waals surface area contributed by atoms with E-state index in [0.29, 0.717) is 22.5 Å². The minimum Gasteiger partial charge on any atom is -0.478 e. The maximum Gasteiger partial charge on any atom is 0.335 e. The van der Waals surface area contributed by atoms with Crippen molar-refractivity contribution in [2.24, 2.45) is 13.0 Å². The molecule has 7 nitrogen and oxygen atoms in total. The van der Waals surface area contributed by atoms with Crippen LogP contribution in [0, 0.1) is 5.92 Å². The molecule has 0 atom stereocenters. The normalized spacial score (nSPS) is 14.2. The number of imidazole rings is 1. The molecule has 0 aliphatic heterocycles. The average Bonchev–Trinajstić information content (AvgIpc) is 2.91. The molecule has 1 aliphatic rings. The van der Waals surface area contributed by atoms with E-state index in [0.717, 1.165) is 24.8 Å². The summed E-state index contributed by atoms with van der Waals surface area (Å²) in [4.78, 5) is 32.5. The molecule has 7 heteroatoms. The minimum atomic E-state index is -1.05. The van der Waals surface area contributed by atoms with E-state index in [-0.39, 0.29) is 17.4 Å². The molecule has 2 aromatic heterocycles. The molecule has 0 bridgehead atoms. The van der Waals surface area contributed by atoms with E-state index in [1.165, 1.54) is 12.1 Å². The Morgan fingerprint density at radius 1 is 1.23 bits per heavy atom. The smallest absolute Gasteiger partial charge is 0.335 e. The van der Waals surface area contributed by atoms with E-state index in [4.69, 9.17) is 0 Å². The summed E-state index contributed by atoms with van der Waals surface area (Å²) in [5.74, 6) is -0.426. The molecule has 1 aliphatic carbocycles. The summed E-state index contributed by atoms with van der Waals surface area (Å²) >= 11 is 0. The standard InChI is InChI=1S/C19H18N4O3/c1-23-16-14(21-17(23)11-5-7-20-8-6-11)9-13(19(25)26)10-15(16)22-18(24)12-3-2-4-12/h5-10,12H,2-4H2,1H3,(H,22,24)(H,25,26). The van der Waals surface area contributed by atoms with Crippen molar-refractivity contribution in [3.8, 4) is 11.4 Å². The number of aromatic nitrogens is 3. The number of pyridine rings is 1. The molecule has 3 aromatic rings. The molecule has 1 amide bonds. The number of aryl methyl sites for hydroxylation is 1. The van der Waals surface area contributed by atoms with Crippen LogP contribution in [0.2, 0.25) is 0 Å². The number of nitrogens with zero attached hydrogens (tertiary/aromatic N) is 3. The molecule has 1 fully saturated rings. The van der Waals surface area contributed by atoms with Gasteiger partial charge in [-0.3, -0.25) is 9.78 Å². The monoisotopic (exact) mass is 350 g/mol. The Balaban J connectivity index is 1.86. The lowest BCUT2D eigenvalue weighted by atomic mass is 9.85. The highest BCUT2D eigenvalue weighted by atomic mass is 16.4. The van der Waals surface area contributed by atoms with E-state index < -0.39 is 5.97 Å².